The van der Waals surface area contributed by atoms with E-state index < -0.39 is 47.2 Å². The van der Waals surface area contributed by atoms with E-state index in [1.165, 1.54) is 0 Å². The van der Waals surface area contributed by atoms with Crippen molar-refractivity contribution in [2.75, 3.05) is 67.6 Å². The van der Waals surface area contributed by atoms with Crippen molar-refractivity contribution in [1.29, 1.82) is 0 Å². The highest BCUT2D eigenvalue weighted by atomic mass is 16.7. The molecule has 284 valence electrons. The summed E-state index contributed by atoms with van der Waals surface area (Å²) < 4.78 is 37.0. The van der Waals surface area contributed by atoms with Crippen LogP contribution >= 0.6 is 0 Å². The second-order valence-electron chi connectivity index (χ2n) is 16.9. The molecule has 0 bridgehead atoms. The average molecular weight is 698 g/mol. The molecule has 4 saturated heterocycles. The van der Waals surface area contributed by atoms with E-state index in [4.69, 9.17) is 28.4 Å². The maximum atomic E-state index is 14.3. The van der Waals surface area contributed by atoms with Crippen LogP contribution in [0.15, 0.2) is 0 Å². The molecule has 0 aromatic heterocycles. The molecular weight excluding hydrogens is 630 g/mol. The number of Topliss-reactive ketones (excluding diaryl/α,β-unsaturated/α-hetero) is 1. The quantitative estimate of drug-likeness (QED) is 0.311. The SMILES string of the molecule is CO[C@]1(C)C[C@@H](C)CN(C)[C@@H](C2CCN(CC3COC(C)(C)O3)CC2)COC(=O)C(C)(C)C(=O)[C@H](C)[C@H]1O[C@@H]1O[C@H](C)C[C@H](N(C)C)[C@H]1O. The van der Waals surface area contributed by atoms with Crippen molar-refractivity contribution in [2.45, 2.75) is 135 Å². The van der Waals surface area contributed by atoms with Gasteiger partial charge in [0, 0.05) is 38.2 Å². The van der Waals surface area contributed by atoms with Gasteiger partial charge in [0.05, 0.1) is 30.5 Å². The van der Waals surface area contributed by atoms with Crippen LogP contribution in [0.2, 0.25) is 0 Å². The first-order valence-corrected chi connectivity index (χ1v) is 18.4. The van der Waals surface area contributed by atoms with Crippen molar-refractivity contribution >= 4 is 11.8 Å². The zero-order valence-corrected chi connectivity index (χ0v) is 32.4. The zero-order valence-electron chi connectivity index (χ0n) is 32.4. The van der Waals surface area contributed by atoms with E-state index in [0.717, 1.165) is 39.0 Å². The number of likely N-dealkylation sites (N-methyl/N-ethyl adjacent to an activating group) is 2. The van der Waals surface area contributed by atoms with Gasteiger partial charge in [-0.05, 0) is 113 Å². The predicted molar refractivity (Wildman–Crippen MR) is 186 cm³/mol. The van der Waals surface area contributed by atoms with Crippen LogP contribution in [0.1, 0.15) is 81.1 Å². The number of carbonyl (C=O) groups is 2. The Kier molecular flexibility index (Phi) is 13.4. The van der Waals surface area contributed by atoms with Crippen molar-refractivity contribution in [3.8, 4) is 0 Å². The number of ketones is 1. The minimum atomic E-state index is -1.43. The first kappa shape index (κ1) is 40.5. The first-order valence-electron chi connectivity index (χ1n) is 18.4. The molecule has 1 N–H and O–H groups in total. The summed E-state index contributed by atoms with van der Waals surface area (Å²) in [7, 11) is 7.61. The van der Waals surface area contributed by atoms with Crippen LogP contribution in [0.3, 0.4) is 0 Å². The summed E-state index contributed by atoms with van der Waals surface area (Å²) in [6, 6.07) is -0.179. The number of aliphatic hydroxyl groups excluding tert-OH is 1. The third-order valence-electron chi connectivity index (χ3n) is 11.6. The molecule has 4 aliphatic rings. The summed E-state index contributed by atoms with van der Waals surface area (Å²) >= 11 is 0. The second-order valence-corrected chi connectivity index (χ2v) is 16.9. The Morgan fingerprint density at radius 2 is 1.67 bits per heavy atom. The summed E-state index contributed by atoms with van der Waals surface area (Å²) in [4.78, 5) is 34.9. The molecule has 0 amide bonds. The fourth-order valence-electron chi connectivity index (χ4n) is 8.72. The number of carbonyl (C=O) groups excluding carboxylic acids is 2. The van der Waals surface area contributed by atoms with E-state index in [2.05, 4.69) is 23.8 Å². The van der Waals surface area contributed by atoms with Crippen molar-refractivity contribution < 1.29 is 43.1 Å². The molecule has 0 aromatic rings. The number of likely N-dealkylation sites (tertiary alicyclic amines) is 1. The Hall–Kier alpha value is -1.22. The Balaban J connectivity index is 1.55. The van der Waals surface area contributed by atoms with Crippen LogP contribution in [-0.4, -0.2) is 153 Å². The van der Waals surface area contributed by atoms with Gasteiger partial charge in [0.1, 0.15) is 18.1 Å². The Bertz CT molecular complexity index is 1110. The number of piperidine rings is 1. The summed E-state index contributed by atoms with van der Waals surface area (Å²) in [6.45, 7) is 19.4. The Morgan fingerprint density at radius 3 is 2.24 bits per heavy atom. The molecule has 0 aliphatic carbocycles. The molecule has 0 radical (unpaired) electrons. The summed E-state index contributed by atoms with van der Waals surface area (Å²) in [6.07, 6.45) is 0.386. The second kappa shape index (κ2) is 16.2. The molecule has 0 spiro atoms. The minimum absolute atomic E-state index is 0.00119. The Morgan fingerprint density at radius 1 is 1.02 bits per heavy atom. The fraction of sp³-hybridized carbons (Fsp3) is 0.946. The minimum Gasteiger partial charge on any atom is -0.463 e. The lowest BCUT2D eigenvalue weighted by molar-refractivity contribution is -0.295. The highest BCUT2D eigenvalue weighted by Gasteiger charge is 2.51. The van der Waals surface area contributed by atoms with Gasteiger partial charge in [-0.1, -0.05) is 13.8 Å². The lowest BCUT2D eigenvalue weighted by Gasteiger charge is -2.47. The van der Waals surface area contributed by atoms with E-state index in [0.29, 0.717) is 25.4 Å². The van der Waals surface area contributed by atoms with E-state index in [9.17, 15) is 14.7 Å². The molecule has 0 saturated carbocycles. The number of cyclic esters (lactones) is 1. The number of hydrogen-bond donors (Lipinski definition) is 1. The average Bonchev–Trinajstić information content (AvgIpc) is 3.37. The van der Waals surface area contributed by atoms with Crippen molar-refractivity contribution in [2.24, 2.45) is 23.2 Å². The molecule has 0 aromatic carbocycles. The zero-order chi connectivity index (χ0) is 36.5. The molecule has 1 unspecified atom stereocenters. The standard InChI is InChI=1S/C37H67N3O9/c1-23-18-37(8,44-12)32(48-33-30(41)28(38(9)10)17-24(2)47-33)25(3)31(42)35(4,5)34(43)45-22-29(39(11)19-23)26-13-15-40(16-14-26)20-27-21-46-36(6,7)49-27/h23-30,32-33,41H,13-22H2,1-12H3/t23-,24-,25+,27?,28+,29-,30-,32-,33+,37-/m1/s1. The van der Waals surface area contributed by atoms with E-state index in [1.807, 2.05) is 46.7 Å². The van der Waals surface area contributed by atoms with Gasteiger partial charge in [-0.2, -0.15) is 0 Å². The number of hydrogen-bond acceptors (Lipinski definition) is 12. The maximum absolute atomic E-state index is 14.3. The predicted octanol–water partition coefficient (Wildman–Crippen LogP) is 3.18. The van der Waals surface area contributed by atoms with Crippen molar-refractivity contribution in [3.05, 3.63) is 0 Å². The third-order valence-corrected chi connectivity index (χ3v) is 11.6. The van der Waals surface area contributed by atoms with Gasteiger partial charge in [0.25, 0.3) is 0 Å². The van der Waals surface area contributed by atoms with Crippen LogP contribution in [0, 0.1) is 23.2 Å². The topological polar surface area (TPSA) is 119 Å². The van der Waals surface area contributed by atoms with Crippen LogP contribution in [0.5, 0.6) is 0 Å². The number of ether oxygens (including phenoxy) is 6. The number of rotatable bonds is 7. The van der Waals surface area contributed by atoms with Crippen LogP contribution < -0.4 is 0 Å². The number of nitrogens with zero attached hydrogens (tertiary/aromatic N) is 3. The lowest BCUT2D eigenvalue weighted by atomic mass is 9.74. The monoisotopic (exact) mass is 697 g/mol. The molecule has 12 heteroatoms. The lowest BCUT2D eigenvalue weighted by Crippen LogP contribution is -2.59. The van der Waals surface area contributed by atoms with Gasteiger partial charge in [0.2, 0.25) is 0 Å². The number of methoxy groups -OCH3 is 1. The maximum Gasteiger partial charge on any atom is 0.319 e. The largest absolute Gasteiger partial charge is 0.463 e. The van der Waals surface area contributed by atoms with Gasteiger partial charge in [0.15, 0.2) is 17.9 Å². The number of aliphatic hydroxyl groups is 1. The normalized spacial score (nSPS) is 40.8. The van der Waals surface area contributed by atoms with Crippen LogP contribution in [0.25, 0.3) is 0 Å². The van der Waals surface area contributed by atoms with Crippen molar-refractivity contribution in [1.82, 2.24) is 14.7 Å². The molecule has 10 atom stereocenters. The van der Waals surface area contributed by atoms with E-state index in [-0.39, 0.29) is 42.6 Å². The summed E-state index contributed by atoms with van der Waals surface area (Å²) in [5.74, 6) is -1.66. The van der Waals surface area contributed by atoms with E-state index in [1.54, 1.807) is 27.9 Å². The highest BCUT2D eigenvalue weighted by Crippen LogP contribution is 2.39. The Labute approximate surface area is 295 Å². The van der Waals surface area contributed by atoms with Gasteiger partial charge in [-0.15, -0.1) is 0 Å². The highest BCUT2D eigenvalue weighted by molar-refractivity contribution is 6.04. The molecule has 4 heterocycles. The molecule has 49 heavy (non-hydrogen) atoms. The smallest absolute Gasteiger partial charge is 0.319 e. The van der Waals surface area contributed by atoms with Gasteiger partial charge in [-0.3, -0.25) is 14.5 Å². The number of esters is 1. The van der Waals surface area contributed by atoms with Gasteiger partial charge >= 0.3 is 5.97 Å². The fourth-order valence-corrected chi connectivity index (χ4v) is 8.72. The molecule has 12 nitrogen and oxygen atoms in total. The van der Waals surface area contributed by atoms with Crippen LogP contribution in [-0.2, 0) is 38.0 Å². The summed E-state index contributed by atoms with van der Waals surface area (Å²) in [5, 5.41) is 11.4. The van der Waals surface area contributed by atoms with Gasteiger partial charge < -0.3 is 43.3 Å². The van der Waals surface area contributed by atoms with E-state index >= 15 is 0 Å². The van der Waals surface area contributed by atoms with Crippen LogP contribution in [0.4, 0.5) is 0 Å². The molecule has 4 fully saturated rings. The first-order chi connectivity index (χ1) is 22.8. The van der Waals surface area contributed by atoms with Crippen molar-refractivity contribution in [3.63, 3.8) is 0 Å². The molecular formula is C37H67N3O9. The molecule has 4 rings (SSSR count). The molecule has 4 aliphatic heterocycles. The third kappa shape index (κ3) is 9.61. The summed E-state index contributed by atoms with van der Waals surface area (Å²) in [5.41, 5.74) is -2.35. The van der Waals surface area contributed by atoms with Gasteiger partial charge in [-0.25, -0.2) is 0 Å².